The molecular formula is C10H17ClN4. The van der Waals surface area contributed by atoms with E-state index < -0.39 is 0 Å². The van der Waals surface area contributed by atoms with Gasteiger partial charge in [0.25, 0.3) is 0 Å². The average Bonchev–Trinajstić information content (AvgIpc) is 2.24. The standard InChI is InChI=1S/C10H17ClN4/c1-2-3-4-8(5-12)14-10-7-13-6-9(11)15-10/h6-8H,2-5,12H2,1H3,(H,14,15). The first-order valence-electron chi connectivity index (χ1n) is 5.20. The van der Waals surface area contributed by atoms with Gasteiger partial charge in [0, 0.05) is 12.6 Å². The van der Waals surface area contributed by atoms with Crippen LogP contribution in [0.2, 0.25) is 5.15 Å². The van der Waals surface area contributed by atoms with E-state index in [2.05, 4.69) is 22.2 Å². The molecule has 3 N–H and O–H groups in total. The first-order chi connectivity index (χ1) is 7.26. The Morgan fingerprint density at radius 1 is 1.53 bits per heavy atom. The zero-order valence-corrected chi connectivity index (χ0v) is 9.67. The Morgan fingerprint density at radius 3 is 2.93 bits per heavy atom. The van der Waals surface area contributed by atoms with E-state index in [9.17, 15) is 0 Å². The second kappa shape index (κ2) is 6.58. The first kappa shape index (κ1) is 12.2. The third kappa shape index (κ3) is 4.44. The maximum absolute atomic E-state index is 5.73. The third-order valence-electron chi connectivity index (χ3n) is 2.15. The molecule has 0 aliphatic rings. The highest BCUT2D eigenvalue weighted by Gasteiger charge is 2.06. The zero-order valence-electron chi connectivity index (χ0n) is 8.91. The van der Waals surface area contributed by atoms with Crippen LogP contribution in [0.5, 0.6) is 0 Å². The lowest BCUT2D eigenvalue weighted by atomic mass is 10.1. The highest BCUT2D eigenvalue weighted by molar-refractivity contribution is 6.29. The van der Waals surface area contributed by atoms with Crippen molar-refractivity contribution in [2.45, 2.75) is 32.2 Å². The van der Waals surface area contributed by atoms with Gasteiger partial charge in [-0.2, -0.15) is 0 Å². The number of nitrogens with one attached hydrogen (secondary N) is 1. The predicted molar refractivity (Wildman–Crippen MR) is 63.0 cm³/mol. The van der Waals surface area contributed by atoms with Crippen molar-refractivity contribution in [2.75, 3.05) is 11.9 Å². The zero-order chi connectivity index (χ0) is 11.1. The van der Waals surface area contributed by atoms with Crippen molar-refractivity contribution in [1.82, 2.24) is 9.97 Å². The van der Waals surface area contributed by atoms with Gasteiger partial charge in [0.2, 0.25) is 0 Å². The molecule has 1 aromatic rings. The van der Waals surface area contributed by atoms with Gasteiger partial charge in [-0.25, -0.2) is 4.98 Å². The van der Waals surface area contributed by atoms with Gasteiger partial charge in [-0.15, -0.1) is 0 Å². The Kier molecular flexibility index (Phi) is 5.36. The molecule has 0 spiro atoms. The monoisotopic (exact) mass is 228 g/mol. The molecular weight excluding hydrogens is 212 g/mol. The molecule has 1 rings (SSSR count). The average molecular weight is 229 g/mol. The molecule has 0 aliphatic heterocycles. The Labute approximate surface area is 95.3 Å². The molecule has 0 bridgehead atoms. The van der Waals surface area contributed by atoms with Crippen LogP contribution in [0.15, 0.2) is 12.4 Å². The summed E-state index contributed by atoms with van der Waals surface area (Å²) in [7, 11) is 0. The quantitative estimate of drug-likeness (QED) is 0.783. The van der Waals surface area contributed by atoms with E-state index in [1.165, 1.54) is 12.6 Å². The number of aromatic nitrogens is 2. The molecule has 4 nitrogen and oxygen atoms in total. The van der Waals surface area contributed by atoms with Gasteiger partial charge in [0.15, 0.2) is 0 Å². The predicted octanol–water partition coefficient (Wildman–Crippen LogP) is 2.06. The fourth-order valence-electron chi connectivity index (χ4n) is 1.32. The summed E-state index contributed by atoms with van der Waals surface area (Å²) in [5, 5.41) is 3.62. The van der Waals surface area contributed by atoms with Crippen LogP contribution < -0.4 is 11.1 Å². The number of hydrogen-bond acceptors (Lipinski definition) is 4. The van der Waals surface area contributed by atoms with Crippen LogP contribution in [0.1, 0.15) is 26.2 Å². The van der Waals surface area contributed by atoms with Gasteiger partial charge in [-0.1, -0.05) is 31.4 Å². The number of unbranched alkanes of at least 4 members (excludes halogenated alkanes) is 1. The minimum absolute atomic E-state index is 0.248. The first-order valence-corrected chi connectivity index (χ1v) is 5.58. The SMILES string of the molecule is CCCCC(CN)Nc1cncc(Cl)n1. The molecule has 15 heavy (non-hydrogen) atoms. The normalized spacial score (nSPS) is 12.5. The van der Waals surface area contributed by atoms with E-state index in [0.717, 1.165) is 12.8 Å². The van der Waals surface area contributed by atoms with Crippen molar-refractivity contribution in [3.8, 4) is 0 Å². The van der Waals surface area contributed by atoms with Crippen molar-refractivity contribution in [3.63, 3.8) is 0 Å². The van der Waals surface area contributed by atoms with Crippen molar-refractivity contribution < 1.29 is 0 Å². The molecule has 0 fully saturated rings. The van der Waals surface area contributed by atoms with E-state index in [1.54, 1.807) is 6.20 Å². The minimum Gasteiger partial charge on any atom is -0.365 e. The summed E-state index contributed by atoms with van der Waals surface area (Å²) in [4.78, 5) is 8.06. The van der Waals surface area contributed by atoms with Crippen LogP contribution in [-0.2, 0) is 0 Å². The molecule has 84 valence electrons. The summed E-state index contributed by atoms with van der Waals surface area (Å²) in [6.45, 7) is 2.75. The molecule has 0 amide bonds. The molecule has 1 heterocycles. The molecule has 0 aromatic carbocycles. The fourth-order valence-corrected chi connectivity index (χ4v) is 1.47. The van der Waals surface area contributed by atoms with E-state index in [4.69, 9.17) is 17.3 Å². The summed E-state index contributed by atoms with van der Waals surface area (Å²) in [5.41, 5.74) is 5.66. The summed E-state index contributed by atoms with van der Waals surface area (Å²) in [5.74, 6) is 0.689. The smallest absolute Gasteiger partial charge is 0.149 e. The van der Waals surface area contributed by atoms with E-state index in [-0.39, 0.29) is 6.04 Å². The topological polar surface area (TPSA) is 63.8 Å². The molecule has 0 saturated heterocycles. The summed E-state index contributed by atoms with van der Waals surface area (Å²) in [6, 6.07) is 0.248. The Morgan fingerprint density at radius 2 is 2.33 bits per heavy atom. The van der Waals surface area contributed by atoms with Crippen LogP contribution >= 0.6 is 11.6 Å². The summed E-state index contributed by atoms with van der Waals surface area (Å²) in [6.07, 6.45) is 6.53. The summed E-state index contributed by atoms with van der Waals surface area (Å²) < 4.78 is 0. The van der Waals surface area contributed by atoms with Crippen molar-refractivity contribution >= 4 is 17.4 Å². The molecule has 1 atom stereocenters. The molecule has 0 saturated carbocycles. The van der Waals surface area contributed by atoms with Gasteiger partial charge in [-0.05, 0) is 6.42 Å². The Hall–Kier alpha value is -0.870. The number of hydrogen-bond donors (Lipinski definition) is 2. The van der Waals surface area contributed by atoms with E-state index in [0.29, 0.717) is 17.5 Å². The molecule has 1 unspecified atom stereocenters. The van der Waals surface area contributed by atoms with Gasteiger partial charge < -0.3 is 11.1 Å². The highest BCUT2D eigenvalue weighted by atomic mass is 35.5. The van der Waals surface area contributed by atoms with Gasteiger partial charge >= 0.3 is 0 Å². The Bertz CT molecular complexity index is 293. The number of halogens is 1. The maximum atomic E-state index is 5.73. The summed E-state index contributed by atoms with van der Waals surface area (Å²) >= 11 is 5.73. The molecule has 5 heteroatoms. The maximum Gasteiger partial charge on any atom is 0.149 e. The van der Waals surface area contributed by atoms with E-state index in [1.807, 2.05) is 0 Å². The van der Waals surface area contributed by atoms with Crippen LogP contribution in [-0.4, -0.2) is 22.6 Å². The lowest BCUT2D eigenvalue weighted by Crippen LogP contribution is -2.29. The number of anilines is 1. The molecule has 1 aromatic heterocycles. The van der Waals surface area contributed by atoms with Crippen molar-refractivity contribution in [1.29, 1.82) is 0 Å². The minimum atomic E-state index is 0.248. The Balaban J connectivity index is 2.50. The number of nitrogens with zero attached hydrogens (tertiary/aromatic N) is 2. The van der Waals surface area contributed by atoms with Crippen LogP contribution in [0.25, 0.3) is 0 Å². The highest BCUT2D eigenvalue weighted by Crippen LogP contribution is 2.10. The fraction of sp³-hybridized carbons (Fsp3) is 0.600. The van der Waals surface area contributed by atoms with Gasteiger partial charge in [0.1, 0.15) is 11.0 Å². The van der Waals surface area contributed by atoms with E-state index >= 15 is 0 Å². The van der Waals surface area contributed by atoms with Crippen LogP contribution in [0.3, 0.4) is 0 Å². The van der Waals surface area contributed by atoms with Crippen LogP contribution in [0.4, 0.5) is 5.82 Å². The third-order valence-corrected chi connectivity index (χ3v) is 2.33. The van der Waals surface area contributed by atoms with Crippen molar-refractivity contribution in [2.24, 2.45) is 5.73 Å². The van der Waals surface area contributed by atoms with Crippen LogP contribution in [0, 0.1) is 0 Å². The lowest BCUT2D eigenvalue weighted by Gasteiger charge is -2.16. The molecule has 0 radical (unpaired) electrons. The number of nitrogens with two attached hydrogens (primary N) is 1. The van der Waals surface area contributed by atoms with Gasteiger partial charge in [0.05, 0.1) is 12.4 Å². The second-order valence-corrected chi connectivity index (χ2v) is 3.83. The molecule has 0 aliphatic carbocycles. The van der Waals surface area contributed by atoms with Crippen molar-refractivity contribution in [3.05, 3.63) is 17.5 Å². The largest absolute Gasteiger partial charge is 0.365 e. The number of rotatable bonds is 6. The van der Waals surface area contributed by atoms with Gasteiger partial charge in [-0.3, -0.25) is 4.98 Å². The lowest BCUT2D eigenvalue weighted by molar-refractivity contribution is 0.612. The second-order valence-electron chi connectivity index (χ2n) is 3.45.